The molecule has 0 aliphatic carbocycles. The Morgan fingerprint density at radius 2 is 2.06 bits per heavy atom. The van der Waals surface area contributed by atoms with Gasteiger partial charge in [-0.05, 0) is 43.0 Å². The van der Waals surface area contributed by atoms with Crippen molar-refractivity contribution in [2.75, 3.05) is 0 Å². The molecule has 0 saturated heterocycles. The van der Waals surface area contributed by atoms with E-state index in [1.165, 1.54) is 5.52 Å². The number of benzene rings is 1. The Hall–Kier alpha value is -1.77. The SMILES string of the molecule is CCCn1cc(C)c2cc(C(=O)O)cc(CC)c21. The van der Waals surface area contributed by atoms with Crippen LogP contribution in [0.3, 0.4) is 0 Å². The zero-order chi connectivity index (χ0) is 13.3. The third-order valence-electron chi connectivity index (χ3n) is 3.34. The summed E-state index contributed by atoms with van der Waals surface area (Å²) >= 11 is 0. The standard InChI is InChI=1S/C15H19NO2/c1-4-6-16-9-10(3)13-8-12(15(17)18)7-11(5-2)14(13)16/h7-9H,4-6H2,1-3H3,(H,17,18). The number of carboxylic acids is 1. The molecule has 0 fully saturated rings. The summed E-state index contributed by atoms with van der Waals surface area (Å²) in [6, 6.07) is 3.59. The van der Waals surface area contributed by atoms with Crippen molar-refractivity contribution in [1.29, 1.82) is 0 Å². The number of rotatable bonds is 4. The van der Waals surface area contributed by atoms with Gasteiger partial charge in [0.2, 0.25) is 0 Å². The van der Waals surface area contributed by atoms with Crippen LogP contribution in [-0.4, -0.2) is 15.6 Å². The normalized spacial score (nSPS) is 11.1. The smallest absolute Gasteiger partial charge is 0.335 e. The molecule has 0 spiro atoms. The number of hydrogen-bond donors (Lipinski definition) is 1. The zero-order valence-electron chi connectivity index (χ0n) is 11.2. The maximum absolute atomic E-state index is 11.1. The van der Waals surface area contributed by atoms with Gasteiger partial charge in [-0.1, -0.05) is 13.8 Å². The summed E-state index contributed by atoms with van der Waals surface area (Å²) in [5.41, 5.74) is 3.85. The van der Waals surface area contributed by atoms with Crippen LogP contribution in [0.15, 0.2) is 18.3 Å². The summed E-state index contributed by atoms with van der Waals surface area (Å²) in [5, 5.41) is 10.2. The highest BCUT2D eigenvalue weighted by molar-refractivity contribution is 5.96. The van der Waals surface area contributed by atoms with Crippen molar-refractivity contribution in [3.63, 3.8) is 0 Å². The van der Waals surface area contributed by atoms with E-state index in [9.17, 15) is 4.79 Å². The number of nitrogens with zero attached hydrogens (tertiary/aromatic N) is 1. The number of carboxylic acid groups (broad SMARTS) is 1. The Bertz CT molecular complexity index is 596. The van der Waals surface area contributed by atoms with Crippen molar-refractivity contribution in [3.05, 3.63) is 35.0 Å². The number of fused-ring (bicyclic) bond motifs is 1. The second kappa shape index (κ2) is 4.84. The molecule has 2 rings (SSSR count). The predicted molar refractivity (Wildman–Crippen MR) is 73.3 cm³/mol. The summed E-state index contributed by atoms with van der Waals surface area (Å²) in [4.78, 5) is 11.1. The molecule has 0 unspecified atom stereocenters. The quantitative estimate of drug-likeness (QED) is 0.893. The molecule has 1 aromatic heterocycles. The minimum Gasteiger partial charge on any atom is -0.478 e. The van der Waals surface area contributed by atoms with Gasteiger partial charge in [0.25, 0.3) is 0 Å². The molecule has 0 saturated carbocycles. The van der Waals surface area contributed by atoms with E-state index in [1.807, 2.05) is 6.92 Å². The second-order valence-corrected chi connectivity index (χ2v) is 4.70. The monoisotopic (exact) mass is 245 g/mol. The Morgan fingerprint density at radius 3 is 2.61 bits per heavy atom. The first-order valence-electron chi connectivity index (χ1n) is 6.44. The number of carbonyl (C=O) groups is 1. The molecule has 0 atom stereocenters. The van der Waals surface area contributed by atoms with E-state index < -0.39 is 5.97 Å². The molecule has 96 valence electrons. The first kappa shape index (κ1) is 12.7. The van der Waals surface area contributed by atoms with E-state index in [2.05, 4.69) is 24.6 Å². The lowest BCUT2D eigenvalue weighted by Crippen LogP contribution is -2.01. The van der Waals surface area contributed by atoms with Crippen LogP contribution < -0.4 is 0 Å². The minimum atomic E-state index is -0.853. The van der Waals surface area contributed by atoms with Crippen molar-refractivity contribution < 1.29 is 9.90 Å². The molecule has 0 aliphatic rings. The lowest BCUT2D eigenvalue weighted by molar-refractivity contribution is 0.0697. The van der Waals surface area contributed by atoms with Gasteiger partial charge in [-0.15, -0.1) is 0 Å². The molecule has 3 nitrogen and oxygen atoms in total. The summed E-state index contributed by atoms with van der Waals surface area (Å²) < 4.78 is 2.25. The van der Waals surface area contributed by atoms with Crippen molar-refractivity contribution in [3.8, 4) is 0 Å². The van der Waals surface area contributed by atoms with Crippen LogP contribution in [-0.2, 0) is 13.0 Å². The number of hydrogen-bond acceptors (Lipinski definition) is 1. The fraction of sp³-hybridized carbons (Fsp3) is 0.400. The molecule has 1 N–H and O–H groups in total. The highest BCUT2D eigenvalue weighted by atomic mass is 16.4. The van der Waals surface area contributed by atoms with Crippen molar-refractivity contribution in [2.24, 2.45) is 0 Å². The summed E-state index contributed by atoms with van der Waals surface area (Å²) in [5.74, 6) is -0.853. The lowest BCUT2D eigenvalue weighted by atomic mass is 10.0. The van der Waals surface area contributed by atoms with Crippen LogP contribution in [0.25, 0.3) is 10.9 Å². The van der Waals surface area contributed by atoms with Crippen LogP contribution in [0.1, 0.15) is 41.8 Å². The molecular formula is C15H19NO2. The van der Waals surface area contributed by atoms with Crippen LogP contribution in [0.2, 0.25) is 0 Å². The third kappa shape index (κ3) is 2.01. The predicted octanol–water partition coefficient (Wildman–Crippen LogP) is 3.62. The average Bonchev–Trinajstić information content (AvgIpc) is 2.66. The Labute approximate surface area is 107 Å². The molecule has 1 heterocycles. The third-order valence-corrected chi connectivity index (χ3v) is 3.34. The van der Waals surface area contributed by atoms with E-state index in [0.29, 0.717) is 5.56 Å². The maximum Gasteiger partial charge on any atom is 0.335 e. The fourth-order valence-electron chi connectivity index (χ4n) is 2.51. The van der Waals surface area contributed by atoms with E-state index in [4.69, 9.17) is 5.11 Å². The Morgan fingerprint density at radius 1 is 1.33 bits per heavy atom. The Balaban J connectivity index is 2.76. The fourth-order valence-corrected chi connectivity index (χ4v) is 2.51. The maximum atomic E-state index is 11.1. The van der Waals surface area contributed by atoms with Crippen molar-refractivity contribution >= 4 is 16.9 Å². The van der Waals surface area contributed by atoms with Gasteiger partial charge < -0.3 is 9.67 Å². The van der Waals surface area contributed by atoms with Crippen molar-refractivity contribution in [2.45, 2.75) is 40.2 Å². The van der Waals surface area contributed by atoms with E-state index in [1.54, 1.807) is 12.1 Å². The lowest BCUT2D eigenvalue weighted by Gasteiger charge is -2.08. The van der Waals surface area contributed by atoms with Crippen LogP contribution in [0, 0.1) is 6.92 Å². The largest absolute Gasteiger partial charge is 0.478 e. The first-order chi connectivity index (χ1) is 8.58. The van der Waals surface area contributed by atoms with E-state index >= 15 is 0 Å². The van der Waals surface area contributed by atoms with Gasteiger partial charge in [0.1, 0.15) is 0 Å². The van der Waals surface area contributed by atoms with E-state index in [0.717, 1.165) is 35.9 Å². The summed E-state index contributed by atoms with van der Waals surface area (Å²) in [6.45, 7) is 7.24. The van der Waals surface area contributed by atoms with Crippen LogP contribution in [0.4, 0.5) is 0 Å². The topological polar surface area (TPSA) is 42.2 Å². The summed E-state index contributed by atoms with van der Waals surface area (Å²) in [6.07, 6.45) is 4.05. The molecule has 0 amide bonds. The van der Waals surface area contributed by atoms with Gasteiger partial charge in [0.05, 0.1) is 11.1 Å². The van der Waals surface area contributed by atoms with Gasteiger partial charge in [-0.3, -0.25) is 0 Å². The number of aromatic nitrogens is 1. The molecule has 3 heteroatoms. The van der Waals surface area contributed by atoms with Gasteiger partial charge in [0.15, 0.2) is 0 Å². The molecule has 0 radical (unpaired) electrons. The molecule has 0 bridgehead atoms. The minimum absolute atomic E-state index is 0.386. The number of aromatic carboxylic acids is 1. The molecular weight excluding hydrogens is 226 g/mol. The zero-order valence-corrected chi connectivity index (χ0v) is 11.2. The summed E-state index contributed by atoms with van der Waals surface area (Å²) in [7, 11) is 0. The molecule has 2 aromatic rings. The van der Waals surface area contributed by atoms with Crippen molar-refractivity contribution in [1.82, 2.24) is 4.57 Å². The van der Waals surface area contributed by atoms with E-state index in [-0.39, 0.29) is 0 Å². The molecule has 1 aromatic carbocycles. The molecule has 18 heavy (non-hydrogen) atoms. The van der Waals surface area contributed by atoms with Gasteiger partial charge >= 0.3 is 5.97 Å². The second-order valence-electron chi connectivity index (χ2n) is 4.70. The van der Waals surface area contributed by atoms with Gasteiger partial charge in [-0.2, -0.15) is 0 Å². The van der Waals surface area contributed by atoms with Crippen LogP contribution in [0.5, 0.6) is 0 Å². The highest BCUT2D eigenvalue weighted by Gasteiger charge is 2.13. The Kier molecular flexibility index (Phi) is 3.41. The average molecular weight is 245 g/mol. The van der Waals surface area contributed by atoms with Crippen LogP contribution >= 0.6 is 0 Å². The van der Waals surface area contributed by atoms with Gasteiger partial charge in [-0.25, -0.2) is 4.79 Å². The molecule has 0 aliphatic heterocycles. The highest BCUT2D eigenvalue weighted by Crippen LogP contribution is 2.27. The van der Waals surface area contributed by atoms with Gasteiger partial charge in [0, 0.05) is 18.1 Å². The first-order valence-corrected chi connectivity index (χ1v) is 6.44. The number of aryl methyl sites for hydroxylation is 3.